The van der Waals surface area contributed by atoms with Crippen molar-refractivity contribution in [2.75, 3.05) is 25.0 Å². The Morgan fingerprint density at radius 1 is 1.04 bits per heavy atom. The van der Waals surface area contributed by atoms with Crippen LogP contribution in [0.2, 0.25) is 0 Å². The molecule has 1 aliphatic heterocycles. The van der Waals surface area contributed by atoms with Crippen LogP contribution in [0.4, 0.5) is 5.69 Å². The molecule has 1 saturated heterocycles. The number of aryl methyl sites for hydroxylation is 1. The molecule has 0 atom stereocenters. The summed E-state index contributed by atoms with van der Waals surface area (Å²) in [6.07, 6.45) is 6.30. The van der Waals surface area contributed by atoms with Crippen molar-refractivity contribution >= 4 is 33.1 Å². The number of benzene rings is 2. The normalized spacial score (nSPS) is 15.9. The summed E-state index contributed by atoms with van der Waals surface area (Å²) in [7, 11) is 0. The van der Waals surface area contributed by atoms with Gasteiger partial charge in [-0.3, -0.25) is 9.69 Å². The zero-order chi connectivity index (χ0) is 19.3. The maximum absolute atomic E-state index is 12.4. The van der Waals surface area contributed by atoms with E-state index in [4.69, 9.17) is 4.98 Å². The Hall–Kier alpha value is -2.24. The maximum atomic E-state index is 12.4. The van der Waals surface area contributed by atoms with Gasteiger partial charge in [-0.1, -0.05) is 25.3 Å². The molecule has 0 aliphatic carbocycles. The molecule has 2 aromatic carbocycles. The topological polar surface area (TPSA) is 45.2 Å². The average Bonchev–Trinajstić information content (AvgIpc) is 3.07. The third-order valence-electron chi connectivity index (χ3n) is 5.28. The van der Waals surface area contributed by atoms with Crippen LogP contribution in [0.15, 0.2) is 42.5 Å². The highest BCUT2D eigenvalue weighted by Gasteiger charge is 2.13. The molecule has 0 bridgehead atoms. The van der Waals surface area contributed by atoms with E-state index in [2.05, 4.69) is 35.3 Å². The Kier molecular flexibility index (Phi) is 6.03. The van der Waals surface area contributed by atoms with Crippen molar-refractivity contribution in [3.63, 3.8) is 0 Å². The van der Waals surface area contributed by atoms with Crippen molar-refractivity contribution in [3.05, 3.63) is 48.0 Å². The van der Waals surface area contributed by atoms with Crippen molar-refractivity contribution in [2.45, 2.75) is 39.0 Å². The van der Waals surface area contributed by atoms with Crippen LogP contribution in [0, 0.1) is 6.92 Å². The van der Waals surface area contributed by atoms with Gasteiger partial charge < -0.3 is 5.32 Å². The van der Waals surface area contributed by atoms with Gasteiger partial charge in [0.05, 0.1) is 16.8 Å². The first kappa shape index (κ1) is 19.1. The third kappa shape index (κ3) is 4.78. The van der Waals surface area contributed by atoms with Crippen LogP contribution >= 0.6 is 11.3 Å². The molecular formula is C23H27N3OS. The molecular weight excluding hydrogens is 366 g/mol. The molecule has 0 unspecified atom stereocenters. The summed E-state index contributed by atoms with van der Waals surface area (Å²) in [5, 5.41) is 4.05. The lowest BCUT2D eigenvalue weighted by atomic mass is 10.1. The number of likely N-dealkylation sites (tertiary alicyclic amines) is 1. The van der Waals surface area contributed by atoms with Gasteiger partial charge >= 0.3 is 0 Å². The fraction of sp³-hybridized carbons (Fsp3) is 0.391. The fourth-order valence-electron chi connectivity index (χ4n) is 3.73. The van der Waals surface area contributed by atoms with E-state index in [9.17, 15) is 4.79 Å². The summed E-state index contributed by atoms with van der Waals surface area (Å²) < 4.78 is 1.21. The molecule has 1 N–H and O–H groups in total. The van der Waals surface area contributed by atoms with Crippen LogP contribution in [-0.2, 0) is 4.79 Å². The Labute approximate surface area is 170 Å². The van der Waals surface area contributed by atoms with Crippen molar-refractivity contribution < 1.29 is 4.79 Å². The lowest BCUT2D eigenvalue weighted by Gasteiger charge is -2.23. The lowest BCUT2D eigenvalue weighted by Crippen LogP contribution is -2.35. The van der Waals surface area contributed by atoms with Gasteiger partial charge in [0.15, 0.2) is 0 Å². The number of anilines is 1. The zero-order valence-electron chi connectivity index (χ0n) is 16.4. The second-order valence-electron chi connectivity index (χ2n) is 7.66. The van der Waals surface area contributed by atoms with Gasteiger partial charge in [-0.25, -0.2) is 4.98 Å². The number of fused-ring (bicyclic) bond motifs is 1. The third-order valence-corrected chi connectivity index (χ3v) is 6.34. The number of carbonyl (C=O) groups excluding carboxylic acids is 1. The van der Waals surface area contributed by atoms with Crippen molar-refractivity contribution in [1.82, 2.24) is 9.88 Å². The van der Waals surface area contributed by atoms with E-state index in [1.807, 2.05) is 24.3 Å². The van der Waals surface area contributed by atoms with Gasteiger partial charge in [-0.05, 0) is 74.8 Å². The summed E-state index contributed by atoms with van der Waals surface area (Å²) in [6, 6.07) is 14.4. The summed E-state index contributed by atoms with van der Waals surface area (Å²) in [4.78, 5) is 19.4. The first-order valence-electron chi connectivity index (χ1n) is 10.2. The zero-order valence-corrected chi connectivity index (χ0v) is 17.2. The summed E-state index contributed by atoms with van der Waals surface area (Å²) in [6.45, 7) is 4.65. The first-order chi connectivity index (χ1) is 13.7. The molecule has 0 radical (unpaired) electrons. The lowest BCUT2D eigenvalue weighted by molar-refractivity contribution is -0.117. The van der Waals surface area contributed by atoms with Gasteiger partial charge in [0.2, 0.25) is 5.91 Å². The van der Waals surface area contributed by atoms with Gasteiger partial charge in [0, 0.05) is 11.3 Å². The second-order valence-corrected chi connectivity index (χ2v) is 8.69. The van der Waals surface area contributed by atoms with E-state index in [0.717, 1.165) is 34.9 Å². The number of aromatic nitrogens is 1. The van der Waals surface area contributed by atoms with Gasteiger partial charge in [-0.15, -0.1) is 11.3 Å². The minimum absolute atomic E-state index is 0.0729. The molecule has 4 rings (SSSR count). The molecule has 0 saturated carbocycles. The number of nitrogens with zero attached hydrogens (tertiary/aromatic N) is 2. The standard InChI is InChI=1S/C23H27N3OS/c1-17-7-12-20-21(15-17)28-23(25-20)18-8-10-19(11-9-18)24-22(27)16-26-13-5-3-2-4-6-14-26/h7-12,15H,2-6,13-14,16H2,1H3,(H,24,27). The van der Waals surface area contributed by atoms with E-state index in [0.29, 0.717) is 6.54 Å². The number of rotatable bonds is 4. The number of thiazole rings is 1. The van der Waals surface area contributed by atoms with Gasteiger partial charge in [-0.2, -0.15) is 0 Å². The predicted molar refractivity (Wildman–Crippen MR) is 118 cm³/mol. The van der Waals surface area contributed by atoms with E-state index in [1.165, 1.54) is 42.4 Å². The monoisotopic (exact) mass is 393 g/mol. The molecule has 1 amide bonds. The SMILES string of the molecule is Cc1ccc2nc(-c3ccc(NC(=O)CN4CCCCCCC4)cc3)sc2c1. The maximum Gasteiger partial charge on any atom is 0.238 e. The van der Waals surface area contributed by atoms with E-state index < -0.39 is 0 Å². The largest absolute Gasteiger partial charge is 0.325 e. The molecule has 1 fully saturated rings. The first-order valence-corrected chi connectivity index (χ1v) is 11.0. The van der Waals surface area contributed by atoms with Crippen molar-refractivity contribution in [3.8, 4) is 10.6 Å². The Bertz CT molecular complexity index is 940. The molecule has 2 heterocycles. The van der Waals surface area contributed by atoms with Gasteiger partial charge in [0.25, 0.3) is 0 Å². The highest BCUT2D eigenvalue weighted by molar-refractivity contribution is 7.21. The number of nitrogens with one attached hydrogen (secondary N) is 1. The van der Waals surface area contributed by atoms with Crippen LogP contribution in [0.25, 0.3) is 20.8 Å². The van der Waals surface area contributed by atoms with Crippen molar-refractivity contribution in [2.24, 2.45) is 0 Å². The summed E-state index contributed by atoms with van der Waals surface area (Å²) in [5.74, 6) is 0.0729. The van der Waals surface area contributed by atoms with E-state index in [1.54, 1.807) is 11.3 Å². The van der Waals surface area contributed by atoms with Crippen molar-refractivity contribution in [1.29, 1.82) is 0 Å². The molecule has 1 aromatic heterocycles. The van der Waals surface area contributed by atoms with E-state index >= 15 is 0 Å². The molecule has 4 nitrogen and oxygen atoms in total. The quantitative estimate of drug-likeness (QED) is 0.639. The highest BCUT2D eigenvalue weighted by atomic mass is 32.1. The number of hydrogen-bond donors (Lipinski definition) is 1. The molecule has 146 valence electrons. The molecule has 3 aromatic rings. The molecule has 5 heteroatoms. The smallest absolute Gasteiger partial charge is 0.238 e. The Morgan fingerprint density at radius 3 is 2.50 bits per heavy atom. The number of hydrogen-bond acceptors (Lipinski definition) is 4. The van der Waals surface area contributed by atoms with Crippen LogP contribution in [0.5, 0.6) is 0 Å². The van der Waals surface area contributed by atoms with Crippen LogP contribution in [0.1, 0.15) is 37.7 Å². The summed E-state index contributed by atoms with van der Waals surface area (Å²) in [5.41, 5.74) is 4.22. The molecule has 0 spiro atoms. The molecule has 1 aliphatic rings. The van der Waals surface area contributed by atoms with Crippen LogP contribution in [-0.4, -0.2) is 35.4 Å². The van der Waals surface area contributed by atoms with Crippen LogP contribution < -0.4 is 5.32 Å². The minimum Gasteiger partial charge on any atom is -0.325 e. The van der Waals surface area contributed by atoms with Gasteiger partial charge in [0.1, 0.15) is 5.01 Å². The second kappa shape index (κ2) is 8.84. The van der Waals surface area contributed by atoms with Crippen LogP contribution in [0.3, 0.4) is 0 Å². The fourth-order valence-corrected chi connectivity index (χ4v) is 4.80. The molecule has 28 heavy (non-hydrogen) atoms. The Balaban J connectivity index is 1.38. The minimum atomic E-state index is 0.0729. The Morgan fingerprint density at radius 2 is 1.75 bits per heavy atom. The predicted octanol–water partition coefficient (Wildman–Crippen LogP) is 5.48. The van der Waals surface area contributed by atoms with E-state index in [-0.39, 0.29) is 5.91 Å². The average molecular weight is 394 g/mol. The summed E-state index contributed by atoms with van der Waals surface area (Å²) >= 11 is 1.71. The number of amides is 1. The highest BCUT2D eigenvalue weighted by Crippen LogP contribution is 2.31. The number of carbonyl (C=O) groups is 1.